The molecule has 1 unspecified atom stereocenters. The summed E-state index contributed by atoms with van der Waals surface area (Å²) in [7, 11) is 0. The van der Waals surface area contributed by atoms with Crippen LogP contribution in [0.2, 0.25) is 0 Å². The first-order valence-electron chi connectivity index (χ1n) is 3.17. The highest BCUT2D eigenvalue weighted by Crippen LogP contribution is 1.78. The van der Waals surface area contributed by atoms with E-state index in [9.17, 15) is 9.59 Å². The van der Waals surface area contributed by atoms with E-state index < -0.39 is 11.9 Å². The maximum Gasteiger partial charge on any atom is 0.243 e. The number of carbonyl (C=O) groups is 2. The first-order valence-corrected chi connectivity index (χ1v) is 3.17. The van der Waals surface area contributed by atoms with Crippen molar-refractivity contribution in [3.63, 3.8) is 0 Å². The van der Waals surface area contributed by atoms with Gasteiger partial charge >= 0.3 is 0 Å². The summed E-state index contributed by atoms with van der Waals surface area (Å²) in [5.41, 5.74) is 5.17. The Morgan fingerprint density at radius 1 is 1.60 bits per heavy atom. The molecule has 0 spiro atoms. The van der Waals surface area contributed by atoms with Crippen molar-refractivity contribution in [1.82, 2.24) is 5.32 Å². The summed E-state index contributed by atoms with van der Waals surface area (Å²) < 4.78 is 0. The maximum atomic E-state index is 10.7. The Kier molecular flexibility index (Phi) is 3.64. The Bertz CT molecular complexity index is 143. The number of hydrogen-bond acceptors (Lipinski definition) is 3. The van der Waals surface area contributed by atoms with Gasteiger partial charge in [0.1, 0.15) is 0 Å². The first-order chi connectivity index (χ1) is 4.57. The maximum absolute atomic E-state index is 10.7. The molecule has 1 atom stereocenters. The molecule has 4 heteroatoms. The average Bonchev–Trinajstić information content (AvgIpc) is 1.87. The monoisotopic (exact) mass is 144 g/mol. The molecule has 0 aromatic rings. The van der Waals surface area contributed by atoms with Crippen LogP contribution in [0.25, 0.3) is 0 Å². The van der Waals surface area contributed by atoms with Crippen LogP contribution in [-0.4, -0.2) is 17.9 Å². The molecule has 58 valence electrons. The standard InChI is InChI=1S/C6H12N2O2/c1-3-5(9)8-6(10)4(2)7/h4H,3,7H2,1-2H3,(H,8,9,10). The number of nitrogens with one attached hydrogen (secondary N) is 1. The summed E-state index contributed by atoms with van der Waals surface area (Å²) in [6.07, 6.45) is 0.304. The Morgan fingerprint density at radius 2 is 2.10 bits per heavy atom. The zero-order valence-electron chi connectivity index (χ0n) is 6.18. The second-order valence-corrected chi connectivity index (χ2v) is 2.05. The number of rotatable bonds is 2. The van der Waals surface area contributed by atoms with E-state index in [2.05, 4.69) is 5.32 Å². The summed E-state index contributed by atoms with van der Waals surface area (Å²) >= 11 is 0. The molecule has 0 bridgehead atoms. The van der Waals surface area contributed by atoms with Crippen molar-refractivity contribution in [1.29, 1.82) is 0 Å². The van der Waals surface area contributed by atoms with Crippen molar-refractivity contribution >= 4 is 11.8 Å². The largest absolute Gasteiger partial charge is 0.320 e. The zero-order valence-corrected chi connectivity index (χ0v) is 6.18. The number of amides is 2. The van der Waals surface area contributed by atoms with E-state index in [4.69, 9.17) is 5.73 Å². The van der Waals surface area contributed by atoms with E-state index in [1.165, 1.54) is 6.92 Å². The summed E-state index contributed by atoms with van der Waals surface area (Å²) in [6.45, 7) is 3.20. The second kappa shape index (κ2) is 4.00. The molecular weight excluding hydrogens is 132 g/mol. The van der Waals surface area contributed by atoms with Gasteiger partial charge in [-0.2, -0.15) is 0 Å². The third-order valence-corrected chi connectivity index (χ3v) is 0.997. The molecule has 0 aliphatic heterocycles. The minimum atomic E-state index is -0.615. The third kappa shape index (κ3) is 3.19. The molecule has 0 radical (unpaired) electrons. The molecule has 0 aromatic heterocycles. The van der Waals surface area contributed by atoms with Crippen LogP contribution >= 0.6 is 0 Å². The van der Waals surface area contributed by atoms with Crippen LogP contribution in [0.3, 0.4) is 0 Å². The van der Waals surface area contributed by atoms with Gasteiger partial charge in [-0.15, -0.1) is 0 Å². The van der Waals surface area contributed by atoms with E-state index in [0.29, 0.717) is 6.42 Å². The van der Waals surface area contributed by atoms with Gasteiger partial charge < -0.3 is 5.73 Å². The van der Waals surface area contributed by atoms with Gasteiger partial charge in [-0.25, -0.2) is 0 Å². The molecular formula is C6H12N2O2. The molecule has 0 aliphatic rings. The van der Waals surface area contributed by atoms with Gasteiger partial charge in [0.05, 0.1) is 6.04 Å². The molecule has 4 nitrogen and oxygen atoms in total. The van der Waals surface area contributed by atoms with Gasteiger partial charge in [0.25, 0.3) is 0 Å². The van der Waals surface area contributed by atoms with Crippen molar-refractivity contribution < 1.29 is 9.59 Å². The van der Waals surface area contributed by atoms with Gasteiger partial charge in [-0.3, -0.25) is 14.9 Å². The minimum absolute atomic E-state index is 0.290. The minimum Gasteiger partial charge on any atom is -0.320 e. The predicted molar refractivity (Wildman–Crippen MR) is 37.1 cm³/mol. The zero-order chi connectivity index (χ0) is 8.15. The third-order valence-electron chi connectivity index (χ3n) is 0.997. The molecule has 0 aromatic carbocycles. The van der Waals surface area contributed by atoms with Crippen molar-refractivity contribution in [2.75, 3.05) is 0 Å². The number of nitrogens with two attached hydrogens (primary N) is 1. The summed E-state index contributed by atoms with van der Waals surface area (Å²) in [5.74, 6) is -0.714. The highest BCUT2D eigenvalue weighted by Gasteiger charge is 2.08. The number of imide groups is 1. The van der Waals surface area contributed by atoms with Gasteiger partial charge in [-0.1, -0.05) is 6.92 Å². The average molecular weight is 144 g/mol. The lowest BCUT2D eigenvalue weighted by atomic mass is 10.3. The van der Waals surface area contributed by atoms with Crippen LogP contribution in [0.4, 0.5) is 0 Å². The van der Waals surface area contributed by atoms with Crippen molar-refractivity contribution in [3.05, 3.63) is 0 Å². The van der Waals surface area contributed by atoms with Gasteiger partial charge in [0.15, 0.2) is 0 Å². The fourth-order valence-electron chi connectivity index (χ4n) is 0.340. The van der Waals surface area contributed by atoms with Crippen molar-refractivity contribution in [2.24, 2.45) is 5.73 Å². The number of hydrogen-bond donors (Lipinski definition) is 2. The van der Waals surface area contributed by atoms with Crippen molar-refractivity contribution in [3.8, 4) is 0 Å². The van der Waals surface area contributed by atoms with Crippen LogP contribution in [0.5, 0.6) is 0 Å². The number of carbonyl (C=O) groups excluding carboxylic acids is 2. The predicted octanol–water partition coefficient (Wildman–Crippen LogP) is -0.614. The summed E-state index contributed by atoms with van der Waals surface area (Å²) in [5, 5.41) is 2.13. The second-order valence-electron chi connectivity index (χ2n) is 2.05. The molecule has 2 amide bonds. The van der Waals surface area contributed by atoms with E-state index in [0.717, 1.165) is 0 Å². The Hall–Kier alpha value is -0.900. The molecule has 0 fully saturated rings. The lowest BCUT2D eigenvalue weighted by Crippen LogP contribution is -2.41. The topological polar surface area (TPSA) is 72.2 Å². The van der Waals surface area contributed by atoms with Crippen LogP contribution < -0.4 is 11.1 Å². The molecule has 0 saturated carbocycles. The Balaban J connectivity index is 3.69. The smallest absolute Gasteiger partial charge is 0.243 e. The SMILES string of the molecule is CCC(=O)NC(=O)C(C)N. The van der Waals surface area contributed by atoms with E-state index in [1.54, 1.807) is 6.92 Å². The molecule has 0 heterocycles. The van der Waals surface area contributed by atoms with E-state index >= 15 is 0 Å². The molecule has 0 aliphatic carbocycles. The highest BCUT2D eigenvalue weighted by molar-refractivity contribution is 5.97. The fourth-order valence-corrected chi connectivity index (χ4v) is 0.340. The van der Waals surface area contributed by atoms with Crippen LogP contribution in [0.1, 0.15) is 20.3 Å². The van der Waals surface area contributed by atoms with E-state index in [1.807, 2.05) is 0 Å². The van der Waals surface area contributed by atoms with Gasteiger partial charge in [-0.05, 0) is 6.92 Å². The fraction of sp³-hybridized carbons (Fsp3) is 0.667. The Labute approximate surface area is 59.8 Å². The Morgan fingerprint density at radius 3 is 2.40 bits per heavy atom. The van der Waals surface area contributed by atoms with Crippen molar-refractivity contribution in [2.45, 2.75) is 26.3 Å². The van der Waals surface area contributed by atoms with Gasteiger partial charge in [0.2, 0.25) is 11.8 Å². The van der Waals surface area contributed by atoms with Gasteiger partial charge in [0, 0.05) is 6.42 Å². The molecule has 0 rings (SSSR count). The lowest BCUT2D eigenvalue weighted by molar-refractivity contribution is -0.130. The normalized spacial score (nSPS) is 12.3. The lowest BCUT2D eigenvalue weighted by Gasteiger charge is -2.03. The first kappa shape index (κ1) is 9.10. The van der Waals surface area contributed by atoms with Crippen LogP contribution in [0, 0.1) is 0 Å². The van der Waals surface area contributed by atoms with Crippen LogP contribution in [0.15, 0.2) is 0 Å². The van der Waals surface area contributed by atoms with Crippen LogP contribution in [-0.2, 0) is 9.59 Å². The quantitative estimate of drug-likeness (QED) is 0.543. The molecule has 3 N–H and O–H groups in total. The molecule has 0 saturated heterocycles. The summed E-state index contributed by atoms with van der Waals surface area (Å²) in [6, 6.07) is -0.615. The molecule has 10 heavy (non-hydrogen) atoms. The summed E-state index contributed by atoms with van der Waals surface area (Å²) in [4.78, 5) is 21.2. The van der Waals surface area contributed by atoms with E-state index in [-0.39, 0.29) is 5.91 Å². The highest BCUT2D eigenvalue weighted by atomic mass is 16.2.